The van der Waals surface area contributed by atoms with E-state index in [1.54, 1.807) is 11.6 Å². The normalized spacial score (nSPS) is 11.1. The molecule has 0 atom stereocenters. The van der Waals surface area contributed by atoms with Crippen molar-refractivity contribution in [2.24, 2.45) is 0 Å². The van der Waals surface area contributed by atoms with Crippen molar-refractivity contribution in [3.63, 3.8) is 0 Å². The average molecular weight is 335 g/mol. The number of rotatable bonds is 5. The van der Waals surface area contributed by atoms with E-state index in [1.807, 2.05) is 30.3 Å². The highest BCUT2D eigenvalue weighted by molar-refractivity contribution is 5.95. The molecule has 0 aliphatic heterocycles. The van der Waals surface area contributed by atoms with Crippen LogP contribution in [0.3, 0.4) is 0 Å². The predicted octanol–water partition coefficient (Wildman–Crippen LogP) is 2.88. The smallest absolute Gasteiger partial charge is 0.318 e. The van der Waals surface area contributed by atoms with Gasteiger partial charge in [0.05, 0.1) is 24.8 Å². The third-order valence-electron chi connectivity index (χ3n) is 3.45. The van der Waals surface area contributed by atoms with Crippen LogP contribution in [0.15, 0.2) is 36.5 Å². The zero-order chi connectivity index (χ0) is 17.7. The van der Waals surface area contributed by atoms with Gasteiger partial charge in [-0.25, -0.2) is 0 Å². The molecule has 0 saturated carbocycles. The maximum Gasteiger partial charge on any atom is 0.406 e. The molecule has 2 rings (SSSR count). The summed E-state index contributed by atoms with van der Waals surface area (Å²) >= 11 is 0. The van der Waals surface area contributed by atoms with E-state index >= 15 is 0 Å². The second-order valence-electron chi connectivity index (χ2n) is 5.27. The summed E-state index contributed by atoms with van der Waals surface area (Å²) < 4.78 is 39.4. The van der Waals surface area contributed by atoms with Gasteiger partial charge in [-0.15, -0.1) is 6.42 Å². The van der Waals surface area contributed by atoms with Crippen LogP contribution >= 0.6 is 0 Å². The van der Waals surface area contributed by atoms with Crippen molar-refractivity contribution in [3.8, 4) is 12.3 Å². The summed E-state index contributed by atoms with van der Waals surface area (Å²) in [4.78, 5) is 13.0. The molecule has 1 aromatic carbocycles. The lowest BCUT2D eigenvalue weighted by atomic mass is 10.2. The Hall–Kier alpha value is -2.75. The molecule has 0 N–H and O–H groups in total. The molecule has 0 spiro atoms. The second-order valence-corrected chi connectivity index (χ2v) is 5.27. The molecule has 7 heteroatoms. The molecule has 24 heavy (non-hydrogen) atoms. The van der Waals surface area contributed by atoms with Crippen LogP contribution in [-0.2, 0) is 6.54 Å². The molecule has 0 saturated heterocycles. The lowest BCUT2D eigenvalue weighted by Gasteiger charge is -2.21. The Kier molecular flexibility index (Phi) is 5.29. The number of carbonyl (C=O) groups excluding carboxylic acids is 1. The summed E-state index contributed by atoms with van der Waals surface area (Å²) in [6.45, 7) is 0.264. The number of halogens is 3. The van der Waals surface area contributed by atoms with Gasteiger partial charge in [-0.2, -0.15) is 18.3 Å². The summed E-state index contributed by atoms with van der Waals surface area (Å²) in [7, 11) is 0. The molecule has 2 aromatic rings. The van der Waals surface area contributed by atoms with Gasteiger partial charge in [0.1, 0.15) is 6.54 Å². The van der Waals surface area contributed by atoms with Crippen LogP contribution < -0.4 is 0 Å². The Morgan fingerprint density at radius 1 is 1.33 bits per heavy atom. The Labute approximate surface area is 137 Å². The molecule has 0 radical (unpaired) electrons. The molecule has 126 valence electrons. The van der Waals surface area contributed by atoms with Crippen molar-refractivity contribution in [1.29, 1.82) is 0 Å². The Morgan fingerprint density at radius 2 is 2.00 bits per heavy atom. The fourth-order valence-corrected chi connectivity index (χ4v) is 2.27. The maximum absolute atomic E-state index is 12.6. The van der Waals surface area contributed by atoms with E-state index in [4.69, 9.17) is 6.42 Å². The van der Waals surface area contributed by atoms with Gasteiger partial charge in [0.15, 0.2) is 0 Å². The third kappa shape index (κ3) is 4.38. The van der Waals surface area contributed by atoms with Crippen LogP contribution in [0.1, 0.15) is 21.6 Å². The minimum Gasteiger partial charge on any atom is -0.318 e. The number of alkyl halides is 3. The fourth-order valence-electron chi connectivity index (χ4n) is 2.27. The summed E-state index contributed by atoms with van der Waals surface area (Å²) in [6.07, 6.45) is 1.84. The standard InChI is InChI=1S/C17H16F3N3O/c1-3-9-22(12-17(18,19)20)16(24)15-10-21-23(13(15)2)11-14-7-5-4-6-8-14/h1,4-8,10H,9,11-12H2,2H3. The Bertz CT molecular complexity index is 745. The lowest BCUT2D eigenvalue weighted by molar-refractivity contribution is -0.139. The molecule has 0 aliphatic carbocycles. The molecule has 1 amide bonds. The van der Waals surface area contributed by atoms with Gasteiger partial charge >= 0.3 is 6.18 Å². The van der Waals surface area contributed by atoms with Gasteiger partial charge in [0.2, 0.25) is 0 Å². The summed E-state index contributed by atoms with van der Waals surface area (Å²) in [6, 6.07) is 9.42. The van der Waals surface area contributed by atoms with Crippen molar-refractivity contribution in [2.75, 3.05) is 13.1 Å². The van der Waals surface area contributed by atoms with Crippen LogP contribution in [0, 0.1) is 19.3 Å². The summed E-state index contributed by atoms with van der Waals surface area (Å²) in [5.41, 5.74) is 1.58. The van der Waals surface area contributed by atoms with Crippen molar-refractivity contribution < 1.29 is 18.0 Å². The van der Waals surface area contributed by atoms with E-state index in [1.165, 1.54) is 6.20 Å². The molecule has 0 unspecified atom stereocenters. The number of nitrogens with zero attached hydrogens (tertiary/aromatic N) is 3. The van der Waals surface area contributed by atoms with Crippen LogP contribution in [-0.4, -0.2) is 39.9 Å². The molecule has 0 aliphatic rings. The Morgan fingerprint density at radius 3 is 2.58 bits per heavy atom. The summed E-state index contributed by atoms with van der Waals surface area (Å²) in [5.74, 6) is 1.31. The number of hydrogen-bond acceptors (Lipinski definition) is 2. The maximum atomic E-state index is 12.6. The lowest BCUT2D eigenvalue weighted by Crippen LogP contribution is -2.39. The first-order chi connectivity index (χ1) is 11.3. The number of aromatic nitrogens is 2. The number of amides is 1. The van der Waals surface area contributed by atoms with E-state index in [9.17, 15) is 18.0 Å². The van der Waals surface area contributed by atoms with Gasteiger partial charge in [-0.05, 0) is 12.5 Å². The first-order valence-electron chi connectivity index (χ1n) is 7.17. The van der Waals surface area contributed by atoms with Crippen LogP contribution in [0.5, 0.6) is 0 Å². The van der Waals surface area contributed by atoms with E-state index in [2.05, 4.69) is 11.0 Å². The molecule has 1 heterocycles. The van der Waals surface area contributed by atoms with Gasteiger partial charge in [0.25, 0.3) is 5.91 Å². The van der Waals surface area contributed by atoms with Crippen molar-refractivity contribution in [3.05, 3.63) is 53.3 Å². The second kappa shape index (κ2) is 7.21. The first kappa shape index (κ1) is 17.6. The average Bonchev–Trinajstić information content (AvgIpc) is 2.87. The van der Waals surface area contributed by atoms with E-state index in [0.717, 1.165) is 5.56 Å². The topological polar surface area (TPSA) is 38.1 Å². The van der Waals surface area contributed by atoms with E-state index in [-0.39, 0.29) is 5.56 Å². The number of carbonyl (C=O) groups is 1. The van der Waals surface area contributed by atoms with Crippen molar-refractivity contribution in [1.82, 2.24) is 14.7 Å². The largest absolute Gasteiger partial charge is 0.406 e. The third-order valence-corrected chi connectivity index (χ3v) is 3.45. The van der Waals surface area contributed by atoms with E-state index < -0.39 is 25.2 Å². The molecule has 4 nitrogen and oxygen atoms in total. The molecule has 0 bridgehead atoms. The van der Waals surface area contributed by atoms with Crippen molar-refractivity contribution in [2.45, 2.75) is 19.6 Å². The van der Waals surface area contributed by atoms with Crippen molar-refractivity contribution >= 4 is 5.91 Å². The fraction of sp³-hybridized carbons (Fsp3) is 0.294. The molecular weight excluding hydrogens is 319 g/mol. The van der Waals surface area contributed by atoms with Crippen LogP contribution in [0.25, 0.3) is 0 Å². The highest BCUT2D eigenvalue weighted by atomic mass is 19.4. The monoisotopic (exact) mass is 335 g/mol. The molecule has 1 aromatic heterocycles. The van der Waals surface area contributed by atoms with Gasteiger partial charge in [0, 0.05) is 5.69 Å². The minimum atomic E-state index is -4.51. The highest BCUT2D eigenvalue weighted by Crippen LogP contribution is 2.19. The van der Waals surface area contributed by atoms with Gasteiger partial charge < -0.3 is 4.90 Å². The number of terminal acetylenes is 1. The predicted molar refractivity (Wildman–Crippen MR) is 83.3 cm³/mol. The minimum absolute atomic E-state index is 0.116. The molecular formula is C17H16F3N3O. The first-order valence-corrected chi connectivity index (χ1v) is 7.17. The van der Waals surface area contributed by atoms with Gasteiger partial charge in [-0.1, -0.05) is 36.3 Å². The SMILES string of the molecule is C#CCN(CC(F)(F)F)C(=O)c1cnn(Cc2ccccc2)c1C. The number of hydrogen-bond donors (Lipinski definition) is 0. The zero-order valence-electron chi connectivity index (χ0n) is 13.0. The van der Waals surface area contributed by atoms with Crippen LogP contribution in [0.2, 0.25) is 0 Å². The molecule has 0 fully saturated rings. The van der Waals surface area contributed by atoms with Crippen LogP contribution in [0.4, 0.5) is 13.2 Å². The highest BCUT2D eigenvalue weighted by Gasteiger charge is 2.34. The number of benzene rings is 1. The van der Waals surface area contributed by atoms with E-state index in [0.29, 0.717) is 17.1 Å². The van der Waals surface area contributed by atoms with Gasteiger partial charge in [-0.3, -0.25) is 9.48 Å². The summed E-state index contributed by atoms with van der Waals surface area (Å²) in [5, 5.41) is 4.11. The zero-order valence-corrected chi connectivity index (χ0v) is 13.0. The Balaban J connectivity index is 2.22. The quantitative estimate of drug-likeness (QED) is 0.788.